The molecular weight excluding hydrogens is 458 g/mol. The smallest absolute Gasteiger partial charge is 0.259 e. The Labute approximate surface area is 206 Å². The molecule has 36 heavy (non-hydrogen) atoms. The lowest BCUT2D eigenvalue weighted by Crippen LogP contribution is -2.57. The van der Waals surface area contributed by atoms with Crippen LogP contribution in [-0.4, -0.2) is 73.3 Å². The summed E-state index contributed by atoms with van der Waals surface area (Å²) in [5.74, 6) is 3.75. The van der Waals surface area contributed by atoms with Crippen LogP contribution in [0.2, 0.25) is 0 Å². The fourth-order valence-corrected chi connectivity index (χ4v) is 5.36. The number of piperidine rings is 1. The molecule has 2 atom stereocenters. The molecule has 0 bridgehead atoms. The van der Waals surface area contributed by atoms with Gasteiger partial charge in [-0.05, 0) is 49.2 Å². The highest BCUT2D eigenvalue weighted by Crippen LogP contribution is 2.28. The highest BCUT2D eigenvalue weighted by atomic mass is 16.5. The van der Waals surface area contributed by atoms with Gasteiger partial charge in [0.2, 0.25) is 17.7 Å². The minimum absolute atomic E-state index is 0.265. The molecule has 6 heterocycles. The molecule has 184 valence electrons. The van der Waals surface area contributed by atoms with Crippen LogP contribution < -0.4 is 15.4 Å². The van der Waals surface area contributed by atoms with Crippen LogP contribution in [0.3, 0.4) is 0 Å². The van der Waals surface area contributed by atoms with Crippen LogP contribution in [0.25, 0.3) is 28.3 Å². The molecule has 2 aliphatic heterocycles. The second kappa shape index (κ2) is 8.52. The van der Waals surface area contributed by atoms with Crippen molar-refractivity contribution in [1.29, 1.82) is 0 Å². The summed E-state index contributed by atoms with van der Waals surface area (Å²) in [4.78, 5) is 21.7. The van der Waals surface area contributed by atoms with Crippen molar-refractivity contribution < 1.29 is 9.15 Å². The molecule has 2 unspecified atom stereocenters. The fraction of sp³-hybridized carbons (Fsp3) is 0.360. The van der Waals surface area contributed by atoms with E-state index in [-0.39, 0.29) is 5.95 Å². The molecule has 7 rings (SSSR count). The number of nitrogen functional groups attached to an aromatic ring is 1. The topological polar surface area (TPSA) is 127 Å². The van der Waals surface area contributed by atoms with Crippen molar-refractivity contribution in [3.8, 4) is 17.3 Å². The first-order chi connectivity index (χ1) is 17.7. The molecule has 0 amide bonds. The van der Waals surface area contributed by atoms with Crippen LogP contribution in [0.5, 0.6) is 5.75 Å². The Balaban J connectivity index is 1.00. The molecule has 11 nitrogen and oxygen atoms in total. The van der Waals surface area contributed by atoms with Gasteiger partial charge in [-0.1, -0.05) is 0 Å². The summed E-state index contributed by atoms with van der Waals surface area (Å²) in [5.41, 5.74) is 7.34. The fourth-order valence-electron chi connectivity index (χ4n) is 5.36. The summed E-state index contributed by atoms with van der Waals surface area (Å²) in [7, 11) is 0. The summed E-state index contributed by atoms with van der Waals surface area (Å²) in [6.07, 6.45) is 5.80. The zero-order valence-corrected chi connectivity index (χ0v) is 19.7. The van der Waals surface area contributed by atoms with Crippen LogP contribution in [0.1, 0.15) is 12.8 Å². The molecule has 1 aromatic carbocycles. The number of rotatable bonds is 5. The first-order valence-corrected chi connectivity index (χ1v) is 12.3. The Morgan fingerprint density at radius 3 is 2.97 bits per heavy atom. The maximum atomic E-state index is 6.21. The highest BCUT2D eigenvalue weighted by molar-refractivity contribution is 5.80. The Hall–Kier alpha value is -4.12. The van der Waals surface area contributed by atoms with Gasteiger partial charge in [0.1, 0.15) is 5.75 Å². The van der Waals surface area contributed by atoms with E-state index in [1.807, 2.05) is 12.3 Å². The zero-order chi connectivity index (χ0) is 24.1. The number of piperazine rings is 1. The van der Waals surface area contributed by atoms with Gasteiger partial charge < -0.3 is 24.8 Å². The van der Waals surface area contributed by atoms with Gasteiger partial charge in [-0.25, -0.2) is 0 Å². The van der Waals surface area contributed by atoms with Crippen molar-refractivity contribution in [3.63, 3.8) is 0 Å². The number of furan rings is 1. The minimum atomic E-state index is 0.265. The van der Waals surface area contributed by atoms with E-state index < -0.39 is 0 Å². The number of benzene rings is 1. The first-order valence-electron chi connectivity index (χ1n) is 12.3. The summed E-state index contributed by atoms with van der Waals surface area (Å²) < 4.78 is 13.0. The van der Waals surface area contributed by atoms with Crippen molar-refractivity contribution >= 4 is 28.6 Å². The molecule has 0 saturated carbocycles. The number of fused-ring (bicyclic) bond motifs is 3. The molecule has 5 aromatic rings. The average molecular weight is 486 g/mol. The quantitative estimate of drug-likeness (QED) is 0.386. The number of nitrogens with one attached hydrogen (secondary N) is 1. The average Bonchev–Trinajstić information content (AvgIpc) is 3.67. The molecule has 4 aromatic heterocycles. The lowest BCUT2D eigenvalue weighted by Gasteiger charge is -2.46. The van der Waals surface area contributed by atoms with Gasteiger partial charge in [0.25, 0.3) is 5.78 Å². The van der Waals surface area contributed by atoms with E-state index in [1.165, 1.54) is 9.90 Å². The van der Waals surface area contributed by atoms with E-state index >= 15 is 0 Å². The van der Waals surface area contributed by atoms with Gasteiger partial charge in [-0.15, -0.1) is 5.10 Å². The van der Waals surface area contributed by atoms with Crippen LogP contribution in [0, 0.1) is 5.92 Å². The molecule has 3 N–H and O–H groups in total. The number of nitrogens with two attached hydrogens (primary N) is 1. The summed E-state index contributed by atoms with van der Waals surface area (Å²) in [6, 6.07) is 12.4. The van der Waals surface area contributed by atoms with Crippen LogP contribution in [-0.2, 0) is 0 Å². The molecule has 2 fully saturated rings. The van der Waals surface area contributed by atoms with Crippen molar-refractivity contribution in [2.45, 2.75) is 18.9 Å². The van der Waals surface area contributed by atoms with Gasteiger partial charge in [-0.3, -0.25) is 4.90 Å². The standard InChI is InChI=1S/C25H27N9O2/c26-23-29-24(30-25-28-22(31-34(23)25)21-2-1-11-35-21)33-10-9-32-13-16(3-4-18(32)14-33)15-36-19-5-6-20-17(12-19)7-8-27-20/h1-2,5-8,11-12,16,18,27H,3-4,9-10,13-15H2,(H2,26,28,29,30,31). The molecule has 2 saturated heterocycles. The SMILES string of the molecule is Nc1nc(N2CCN3CC(COc4ccc5[nH]ccc5c4)CCC3C2)nc2nc(-c3ccco3)nn12. The summed E-state index contributed by atoms with van der Waals surface area (Å²) >= 11 is 0. The third kappa shape index (κ3) is 3.81. The predicted octanol–water partition coefficient (Wildman–Crippen LogP) is 2.82. The Morgan fingerprint density at radius 1 is 1.08 bits per heavy atom. The van der Waals surface area contributed by atoms with E-state index in [4.69, 9.17) is 14.9 Å². The molecular formula is C25H27N9O2. The number of aromatic amines is 1. The van der Waals surface area contributed by atoms with Crippen LogP contribution >= 0.6 is 0 Å². The Bertz CT molecular complexity index is 1510. The Kier molecular flexibility index (Phi) is 5.01. The molecule has 11 heteroatoms. The van der Waals surface area contributed by atoms with E-state index in [0.717, 1.165) is 56.9 Å². The van der Waals surface area contributed by atoms with Crippen molar-refractivity contribution in [2.75, 3.05) is 43.4 Å². The number of ether oxygens (including phenoxy) is 1. The monoisotopic (exact) mass is 485 g/mol. The van der Waals surface area contributed by atoms with E-state index in [1.54, 1.807) is 18.4 Å². The second-order valence-electron chi connectivity index (χ2n) is 9.58. The molecule has 0 aliphatic carbocycles. The summed E-state index contributed by atoms with van der Waals surface area (Å²) in [6.45, 7) is 4.44. The largest absolute Gasteiger partial charge is 0.493 e. The van der Waals surface area contributed by atoms with Crippen molar-refractivity contribution in [3.05, 3.63) is 48.9 Å². The van der Waals surface area contributed by atoms with E-state index in [9.17, 15) is 0 Å². The third-order valence-corrected chi connectivity index (χ3v) is 7.26. The van der Waals surface area contributed by atoms with Crippen molar-refractivity contribution in [1.82, 2.24) is 34.4 Å². The molecule has 0 spiro atoms. The zero-order valence-electron chi connectivity index (χ0n) is 19.7. The predicted molar refractivity (Wildman–Crippen MR) is 135 cm³/mol. The summed E-state index contributed by atoms with van der Waals surface area (Å²) in [5, 5.41) is 5.57. The lowest BCUT2D eigenvalue weighted by atomic mass is 9.91. The third-order valence-electron chi connectivity index (χ3n) is 7.26. The second-order valence-corrected chi connectivity index (χ2v) is 9.58. The molecule has 0 radical (unpaired) electrons. The van der Waals surface area contributed by atoms with Gasteiger partial charge in [0.05, 0.1) is 12.9 Å². The van der Waals surface area contributed by atoms with Crippen molar-refractivity contribution in [2.24, 2.45) is 5.92 Å². The highest BCUT2D eigenvalue weighted by Gasteiger charge is 2.34. The van der Waals surface area contributed by atoms with Gasteiger partial charge >= 0.3 is 0 Å². The molecule has 2 aliphatic rings. The van der Waals surface area contributed by atoms with Gasteiger partial charge in [0.15, 0.2) is 5.76 Å². The lowest BCUT2D eigenvalue weighted by molar-refractivity contribution is 0.0726. The maximum Gasteiger partial charge on any atom is 0.259 e. The number of hydrogen-bond acceptors (Lipinski definition) is 9. The number of hydrogen-bond donors (Lipinski definition) is 2. The van der Waals surface area contributed by atoms with Crippen LogP contribution in [0.4, 0.5) is 11.9 Å². The normalized spacial score (nSPS) is 20.7. The first kappa shape index (κ1) is 21.2. The van der Waals surface area contributed by atoms with E-state index in [2.05, 4.69) is 53.0 Å². The number of anilines is 2. The van der Waals surface area contributed by atoms with Gasteiger partial charge in [-0.2, -0.15) is 19.5 Å². The number of aromatic nitrogens is 6. The number of nitrogens with zero attached hydrogens (tertiary/aromatic N) is 7. The minimum Gasteiger partial charge on any atom is -0.493 e. The number of H-pyrrole nitrogens is 1. The van der Waals surface area contributed by atoms with Gasteiger partial charge in [0, 0.05) is 55.2 Å². The Morgan fingerprint density at radius 2 is 2.06 bits per heavy atom. The maximum absolute atomic E-state index is 6.21. The van der Waals surface area contributed by atoms with E-state index in [0.29, 0.717) is 35.3 Å². The van der Waals surface area contributed by atoms with Crippen LogP contribution in [0.15, 0.2) is 53.3 Å².